The molecule has 0 aromatic carbocycles. The Morgan fingerprint density at radius 3 is 2.89 bits per heavy atom. The van der Waals surface area contributed by atoms with Crippen LogP contribution in [0.5, 0.6) is 0 Å². The Morgan fingerprint density at radius 2 is 2.21 bits per heavy atom. The first kappa shape index (κ1) is 14.3. The summed E-state index contributed by atoms with van der Waals surface area (Å²) in [5.41, 5.74) is 0.989. The lowest BCUT2D eigenvalue weighted by Gasteiger charge is -2.25. The maximum Gasteiger partial charge on any atom is 0.297 e. The van der Waals surface area contributed by atoms with Gasteiger partial charge in [-0.25, -0.2) is 0 Å². The van der Waals surface area contributed by atoms with Gasteiger partial charge in [-0.15, -0.1) is 0 Å². The lowest BCUT2D eigenvalue weighted by molar-refractivity contribution is 0.232. The highest BCUT2D eigenvalue weighted by atomic mass is 16.4. The van der Waals surface area contributed by atoms with Crippen LogP contribution >= 0.6 is 0 Å². The molecule has 19 heavy (non-hydrogen) atoms. The van der Waals surface area contributed by atoms with Crippen LogP contribution in [-0.4, -0.2) is 48.6 Å². The fourth-order valence-electron chi connectivity index (χ4n) is 2.73. The lowest BCUT2D eigenvalue weighted by atomic mass is 10.2. The second-order valence-electron chi connectivity index (χ2n) is 5.01. The molecule has 1 N–H and O–H groups in total. The maximum atomic E-state index is 5.60. The first-order valence-electron chi connectivity index (χ1n) is 7.42. The molecule has 0 aliphatic carbocycles. The molecule has 1 fully saturated rings. The van der Waals surface area contributed by atoms with Gasteiger partial charge in [-0.05, 0) is 26.1 Å². The van der Waals surface area contributed by atoms with Crippen molar-refractivity contribution in [3.63, 3.8) is 0 Å². The molecule has 1 unspecified atom stereocenters. The first-order valence-corrected chi connectivity index (χ1v) is 7.42. The van der Waals surface area contributed by atoms with Gasteiger partial charge in [-0.1, -0.05) is 20.8 Å². The van der Waals surface area contributed by atoms with Crippen molar-refractivity contribution in [1.29, 1.82) is 0 Å². The van der Waals surface area contributed by atoms with Crippen LogP contribution in [0, 0.1) is 0 Å². The topological polar surface area (TPSA) is 44.5 Å². The predicted octanol–water partition coefficient (Wildman–Crippen LogP) is 1.70. The molecule has 2 heterocycles. The van der Waals surface area contributed by atoms with Crippen LogP contribution in [0.15, 0.2) is 10.7 Å². The molecular formula is C14H26N4O. The van der Waals surface area contributed by atoms with Crippen LogP contribution < -0.4 is 10.2 Å². The third-order valence-corrected chi connectivity index (χ3v) is 3.86. The zero-order valence-corrected chi connectivity index (χ0v) is 12.4. The number of hydrogen-bond acceptors (Lipinski definition) is 5. The van der Waals surface area contributed by atoms with E-state index >= 15 is 0 Å². The van der Waals surface area contributed by atoms with Gasteiger partial charge in [-0.3, -0.25) is 4.90 Å². The van der Waals surface area contributed by atoms with Crippen molar-refractivity contribution in [3.05, 3.63) is 12.0 Å². The number of anilines is 1. The second kappa shape index (κ2) is 6.91. The van der Waals surface area contributed by atoms with E-state index in [0.29, 0.717) is 6.04 Å². The summed E-state index contributed by atoms with van der Waals surface area (Å²) in [6.45, 7) is 12.6. The van der Waals surface area contributed by atoms with Crippen molar-refractivity contribution in [1.82, 2.24) is 15.2 Å². The van der Waals surface area contributed by atoms with Gasteiger partial charge in [0.1, 0.15) is 6.26 Å². The Hall–Kier alpha value is -1.07. The highest BCUT2D eigenvalue weighted by Gasteiger charge is 2.28. The molecule has 1 atom stereocenters. The summed E-state index contributed by atoms with van der Waals surface area (Å²) < 4.78 is 5.60. The Kier molecular flexibility index (Phi) is 5.22. The summed E-state index contributed by atoms with van der Waals surface area (Å²) >= 11 is 0. The maximum absolute atomic E-state index is 5.60. The van der Waals surface area contributed by atoms with Crippen LogP contribution in [-0.2, 0) is 6.54 Å². The molecule has 0 radical (unpaired) electrons. The quantitative estimate of drug-likeness (QED) is 0.814. The molecule has 1 aromatic rings. The van der Waals surface area contributed by atoms with E-state index < -0.39 is 0 Å². The Labute approximate surface area is 116 Å². The summed E-state index contributed by atoms with van der Waals surface area (Å²) in [5.74, 6) is 0. The number of rotatable bonds is 7. The molecule has 1 aliphatic heterocycles. The van der Waals surface area contributed by atoms with Gasteiger partial charge in [0.15, 0.2) is 0 Å². The monoisotopic (exact) mass is 266 g/mol. The van der Waals surface area contributed by atoms with Gasteiger partial charge in [0, 0.05) is 25.7 Å². The largest absolute Gasteiger partial charge is 0.432 e. The van der Waals surface area contributed by atoms with Gasteiger partial charge in [0.05, 0.1) is 5.69 Å². The third-order valence-electron chi connectivity index (χ3n) is 3.86. The Bertz CT molecular complexity index is 375. The molecule has 0 saturated carbocycles. The number of nitrogens with one attached hydrogen (secondary N) is 1. The van der Waals surface area contributed by atoms with Gasteiger partial charge in [0.25, 0.3) is 6.01 Å². The van der Waals surface area contributed by atoms with Crippen LogP contribution in [0.25, 0.3) is 0 Å². The average molecular weight is 266 g/mol. The van der Waals surface area contributed by atoms with Crippen molar-refractivity contribution in [2.75, 3.05) is 37.6 Å². The lowest BCUT2D eigenvalue weighted by Crippen LogP contribution is -2.37. The molecule has 1 aliphatic rings. The van der Waals surface area contributed by atoms with E-state index in [2.05, 4.69) is 40.9 Å². The van der Waals surface area contributed by atoms with Gasteiger partial charge in [-0.2, -0.15) is 4.98 Å². The Morgan fingerprint density at radius 1 is 1.42 bits per heavy atom. The number of nitrogens with zero attached hydrogens (tertiary/aromatic N) is 3. The van der Waals surface area contributed by atoms with Crippen LogP contribution in [0.4, 0.5) is 6.01 Å². The fraction of sp³-hybridized carbons (Fsp3) is 0.786. The second-order valence-corrected chi connectivity index (χ2v) is 5.01. The number of oxazole rings is 1. The first-order chi connectivity index (χ1) is 9.28. The molecule has 108 valence electrons. The SMILES string of the molecule is CCNCc1coc(N2CCC(N(CC)CC)C2)n1. The minimum absolute atomic E-state index is 0.638. The summed E-state index contributed by atoms with van der Waals surface area (Å²) in [5, 5.41) is 3.26. The van der Waals surface area contributed by atoms with Crippen molar-refractivity contribution in [3.8, 4) is 0 Å². The normalized spacial score (nSPS) is 19.6. The highest BCUT2D eigenvalue weighted by Crippen LogP contribution is 2.22. The molecule has 0 bridgehead atoms. The van der Waals surface area contributed by atoms with Crippen molar-refractivity contribution >= 4 is 6.01 Å². The number of aromatic nitrogens is 1. The average Bonchev–Trinajstić information content (AvgIpc) is 3.06. The van der Waals surface area contributed by atoms with Crippen LogP contribution in [0.1, 0.15) is 32.9 Å². The number of likely N-dealkylation sites (N-methyl/N-ethyl adjacent to an activating group) is 1. The van der Waals surface area contributed by atoms with Crippen molar-refractivity contribution in [2.24, 2.45) is 0 Å². The molecule has 5 heteroatoms. The van der Waals surface area contributed by atoms with E-state index in [1.54, 1.807) is 6.26 Å². The summed E-state index contributed by atoms with van der Waals surface area (Å²) in [6.07, 6.45) is 2.97. The van der Waals surface area contributed by atoms with E-state index in [1.165, 1.54) is 6.42 Å². The third kappa shape index (κ3) is 3.48. The van der Waals surface area contributed by atoms with Crippen molar-refractivity contribution in [2.45, 2.75) is 39.8 Å². The molecule has 5 nitrogen and oxygen atoms in total. The summed E-state index contributed by atoms with van der Waals surface area (Å²) in [4.78, 5) is 9.33. The summed E-state index contributed by atoms with van der Waals surface area (Å²) in [7, 11) is 0. The van der Waals surface area contributed by atoms with E-state index in [4.69, 9.17) is 4.42 Å². The minimum atomic E-state index is 0.638. The van der Waals surface area contributed by atoms with Crippen LogP contribution in [0.3, 0.4) is 0 Å². The Balaban J connectivity index is 1.91. The fourth-order valence-corrected chi connectivity index (χ4v) is 2.73. The standard InChI is InChI=1S/C14H26N4O/c1-4-15-9-12-11-19-14(16-12)18-8-7-13(10-18)17(5-2)6-3/h11,13,15H,4-10H2,1-3H3. The highest BCUT2D eigenvalue weighted by molar-refractivity contribution is 5.29. The number of hydrogen-bond donors (Lipinski definition) is 1. The molecule has 0 amide bonds. The van der Waals surface area contributed by atoms with Gasteiger partial charge in [0.2, 0.25) is 0 Å². The zero-order chi connectivity index (χ0) is 13.7. The predicted molar refractivity (Wildman–Crippen MR) is 77.4 cm³/mol. The molecule has 1 saturated heterocycles. The van der Waals surface area contributed by atoms with Gasteiger partial charge >= 0.3 is 0 Å². The van der Waals surface area contributed by atoms with E-state index in [9.17, 15) is 0 Å². The van der Waals surface area contributed by atoms with Crippen LogP contribution in [0.2, 0.25) is 0 Å². The van der Waals surface area contributed by atoms with E-state index in [0.717, 1.165) is 51.0 Å². The smallest absolute Gasteiger partial charge is 0.297 e. The van der Waals surface area contributed by atoms with E-state index in [-0.39, 0.29) is 0 Å². The van der Waals surface area contributed by atoms with Gasteiger partial charge < -0.3 is 14.6 Å². The summed E-state index contributed by atoms with van der Waals surface area (Å²) in [6, 6.07) is 1.42. The molecule has 1 aromatic heterocycles. The van der Waals surface area contributed by atoms with Crippen molar-refractivity contribution < 1.29 is 4.42 Å². The van der Waals surface area contributed by atoms with E-state index in [1.807, 2.05) is 0 Å². The molecule has 0 spiro atoms. The minimum Gasteiger partial charge on any atom is -0.432 e. The molecule has 2 rings (SSSR count). The zero-order valence-electron chi connectivity index (χ0n) is 12.4. The molecular weight excluding hydrogens is 240 g/mol.